The van der Waals surface area contributed by atoms with E-state index in [-0.39, 0.29) is 22.3 Å². The van der Waals surface area contributed by atoms with E-state index >= 15 is 0 Å². The molecule has 4 heterocycles. The van der Waals surface area contributed by atoms with E-state index in [4.69, 9.17) is 9.47 Å². The van der Waals surface area contributed by atoms with Crippen molar-refractivity contribution in [3.05, 3.63) is 57.0 Å². The predicted octanol–water partition coefficient (Wildman–Crippen LogP) is 4.85. The molecule has 2 aromatic heterocycles. The number of aldehydes is 1. The van der Waals surface area contributed by atoms with Crippen LogP contribution in [0.1, 0.15) is 38.5 Å². The molecule has 2 aliphatic rings. The quantitative estimate of drug-likeness (QED) is 0.413. The molecule has 2 saturated heterocycles. The first kappa shape index (κ1) is 32.9. The molecule has 2 aliphatic heterocycles. The minimum absolute atomic E-state index is 0. The van der Waals surface area contributed by atoms with Gasteiger partial charge in [-0.05, 0) is 56.1 Å². The van der Waals surface area contributed by atoms with Gasteiger partial charge in [-0.25, -0.2) is 9.97 Å². The zero-order valence-electron chi connectivity index (χ0n) is 16.2. The van der Waals surface area contributed by atoms with Gasteiger partial charge in [0.25, 0.3) is 0 Å². The summed E-state index contributed by atoms with van der Waals surface area (Å²) in [4.78, 5) is 20.7. The highest BCUT2D eigenvalue weighted by Gasteiger charge is 2.10. The Kier molecular flexibility index (Phi) is 21.0. The lowest BCUT2D eigenvalue weighted by molar-refractivity contribution is 0.0336. The Balaban J connectivity index is 0. The number of hydrogen-bond acceptors (Lipinski definition) is 7. The van der Waals surface area contributed by atoms with Crippen LogP contribution in [-0.4, -0.2) is 73.8 Å². The average Bonchev–Trinajstić information content (AvgIpc) is 2.77. The third-order valence-corrected chi connectivity index (χ3v) is 4.85. The summed E-state index contributed by atoms with van der Waals surface area (Å²) in [5.74, 6) is 0. The summed E-state index contributed by atoms with van der Waals surface area (Å²) in [5, 5.41) is 3.16. The second kappa shape index (κ2) is 20.4. The fourth-order valence-corrected chi connectivity index (χ4v) is 3.27. The third kappa shape index (κ3) is 14.8. The molecule has 0 atom stereocenters. The largest absolute Gasteiger partial charge is 0.379 e. The van der Waals surface area contributed by atoms with Gasteiger partial charge in [-0.1, -0.05) is 34.4 Å². The first-order valence-corrected chi connectivity index (χ1v) is 11.0. The fourth-order valence-electron chi connectivity index (χ4n) is 2.53. The molecule has 0 radical (unpaired) electrons. The average molecular weight is 578 g/mol. The fraction of sp³-hybridized carbons (Fsp3) is 0.522. The standard InChI is InChI=1S/C10H13BrN2O.C6H4BrNO.C4H9NO.3CH4/c11-10-3-1-2-9(12-10)8-13-4-6-14-7-5-13;7-6-3-1-2-5(4-9)8-6;1-3-6-4-2-5-1;;;/h1-3H,4-8H2;1-4H;5H,1-4H2;3*1H4. The number of hydrogen-bond donors (Lipinski definition) is 1. The Hall–Kier alpha value is -1.23. The molecule has 1 N–H and O–H groups in total. The highest BCUT2D eigenvalue weighted by atomic mass is 79.9. The van der Waals surface area contributed by atoms with Crippen LogP contribution in [0.4, 0.5) is 0 Å². The highest BCUT2D eigenvalue weighted by Crippen LogP contribution is 2.09. The van der Waals surface area contributed by atoms with Gasteiger partial charge in [-0.3, -0.25) is 9.69 Å². The minimum Gasteiger partial charge on any atom is -0.379 e. The van der Waals surface area contributed by atoms with Crippen molar-refractivity contribution in [2.75, 3.05) is 52.6 Å². The summed E-state index contributed by atoms with van der Waals surface area (Å²) in [7, 11) is 0. The number of halogens is 2. The maximum Gasteiger partial charge on any atom is 0.168 e. The summed E-state index contributed by atoms with van der Waals surface area (Å²) in [5.41, 5.74) is 1.56. The maximum absolute atomic E-state index is 10.1. The predicted molar refractivity (Wildman–Crippen MR) is 139 cm³/mol. The molecule has 182 valence electrons. The van der Waals surface area contributed by atoms with Crippen LogP contribution < -0.4 is 5.32 Å². The van der Waals surface area contributed by atoms with Gasteiger partial charge in [0.1, 0.15) is 14.9 Å². The summed E-state index contributed by atoms with van der Waals surface area (Å²) < 4.78 is 11.9. The molecule has 32 heavy (non-hydrogen) atoms. The van der Waals surface area contributed by atoms with Crippen molar-refractivity contribution in [3.8, 4) is 0 Å². The van der Waals surface area contributed by atoms with Crippen molar-refractivity contribution in [1.29, 1.82) is 0 Å². The van der Waals surface area contributed by atoms with Gasteiger partial charge in [0.15, 0.2) is 6.29 Å². The smallest absolute Gasteiger partial charge is 0.168 e. The van der Waals surface area contributed by atoms with Crippen LogP contribution in [0.25, 0.3) is 0 Å². The summed E-state index contributed by atoms with van der Waals surface area (Å²) >= 11 is 6.51. The Morgan fingerprint density at radius 3 is 1.88 bits per heavy atom. The molecule has 2 aromatic rings. The highest BCUT2D eigenvalue weighted by molar-refractivity contribution is 9.10. The van der Waals surface area contributed by atoms with E-state index in [1.54, 1.807) is 18.2 Å². The SMILES string of the molecule is Brc1cccc(CN2CCOCC2)n1.C.C.C.C1COCCN1.O=Cc1cccc(Br)n1. The third-order valence-electron chi connectivity index (χ3n) is 3.97. The first-order valence-electron chi connectivity index (χ1n) is 9.45. The van der Waals surface area contributed by atoms with Gasteiger partial charge in [0.05, 0.1) is 32.1 Å². The Morgan fingerprint density at radius 1 is 0.875 bits per heavy atom. The molecule has 0 aliphatic carbocycles. The zero-order valence-corrected chi connectivity index (χ0v) is 19.4. The van der Waals surface area contributed by atoms with E-state index in [0.29, 0.717) is 16.6 Å². The number of carbonyl (C=O) groups is 1. The van der Waals surface area contributed by atoms with Gasteiger partial charge >= 0.3 is 0 Å². The topological polar surface area (TPSA) is 76.6 Å². The van der Waals surface area contributed by atoms with E-state index < -0.39 is 0 Å². The number of pyridine rings is 2. The number of rotatable bonds is 3. The van der Waals surface area contributed by atoms with E-state index in [0.717, 1.165) is 69.4 Å². The van der Waals surface area contributed by atoms with Crippen molar-refractivity contribution in [3.63, 3.8) is 0 Å². The van der Waals surface area contributed by atoms with Crippen molar-refractivity contribution in [2.45, 2.75) is 28.8 Å². The normalized spacial score (nSPS) is 15.1. The molecule has 9 heteroatoms. The summed E-state index contributed by atoms with van der Waals surface area (Å²) in [6.45, 7) is 8.45. The van der Waals surface area contributed by atoms with E-state index in [1.165, 1.54) is 0 Å². The van der Waals surface area contributed by atoms with Crippen molar-refractivity contribution in [1.82, 2.24) is 20.2 Å². The van der Waals surface area contributed by atoms with Gasteiger partial charge in [0, 0.05) is 32.7 Å². The van der Waals surface area contributed by atoms with Crippen LogP contribution in [0.15, 0.2) is 45.6 Å². The minimum atomic E-state index is 0. The van der Waals surface area contributed by atoms with Crippen molar-refractivity contribution in [2.24, 2.45) is 0 Å². The van der Waals surface area contributed by atoms with Crippen molar-refractivity contribution >= 4 is 38.1 Å². The van der Waals surface area contributed by atoms with Crippen LogP contribution in [0.5, 0.6) is 0 Å². The van der Waals surface area contributed by atoms with Crippen LogP contribution in [0, 0.1) is 0 Å². The molecule has 2 fully saturated rings. The van der Waals surface area contributed by atoms with E-state index in [1.807, 2.05) is 12.1 Å². The lowest BCUT2D eigenvalue weighted by atomic mass is 10.3. The van der Waals surface area contributed by atoms with Crippen LogP contribution >= 0.6 is 31.9 Å². The molecular weight excluding hydrogens is 540 g/mol. The molecule has 0 unspecified atom stereocenters. The van der Waals surface area contributed by atoms with Gasteiger partial charge in [-0.2, -0.15) is 0 Å². The van der Waals surface area contributed by atoms with Gasteiger partial charge in [0.2, 0.25) is 0 Å². The van der Waals surface area contributed by atoms with Crippen LogP contribution in [0.2, 0.25) is 0 Å². The molecule has 0 saturated carbocycles. The summed E-state index contributed by atoms with van der Waals surface area (Å²) in [6, 6.07) is 11.2. The second-order valence-corrected chi connectivity index (χ2v) is 7.83. The van der Waals surface area contributed by atoms with Crippen LogP contribution in [0.3, 0.4) is 0 Å². The molecule has 7 nitrogen and oxygen atoms in total. The maximum atomic E-state index is 10.1. The summed E-state index contributed by atoms with van der Waals surface area (Å²) in [6.07, 6.45) is 0.713. The zero-order chi connectivity index (χ0) is 20.7. The molecule has 0 bridgehead atoms. The number of morpholine rings is 2. The van der Waals surface area contributed by atoms with E-state index in [9.17, 15) is 4.79 Å². The molecular formula is C23H38Br2N4O3. The van der Waals surface area contributed by atoms with Gasteiger partial charge < -0.3 is 14.8 Å². The van der Waals surface area contributed by atoms with Crippen LogP contribution in [-0.2, 0) is 16.0 Å². The molecule has 0 aromatic carbocycles. The Labute approximate surface area is 210 Å². The lowest BCUT2D eigenvalue weighted by Crippen LogP contribution is -2.35. The number of ether oxygens (including phenoxy) is 2. The number of nitrogens with zero attached hydrogens (tertiary/aromatic N) is 3. The second-order valence-electron chi connectivity index (χ2n) is 6.21. The monoisotopic (exact) mass is 576 g/mol. The number of carbonyl (C=O) groups excluding carboxylic acids is 1. The number of nitrogens with one attached hydrogen (secondary N) is 1. The lowest BCUT2D eigenvalue weighted by Gasteiger charge is -2.26. The molecule has 0 amide bonds. The first-order chi connectivity index (χ1) is 14.2. The van der Waals surface area contributed by atoms with Crippen molar-refractivity contribution < 1.29 is 14.3 Å². The van der Waals surface area contributed by atoms with E-state index in [2.05, 4.69) is 58.1 Å². The molecule has 4 rings (SSSR count). The Bertz CT molecular complexity index is 716. The molecule has 0 spiro atoms. The Morgan fingerprint density at radius 2 is 1.44 bits per heavy atom. The number of aromatic nitrogens is 2. The van der Waals surface area contributed by atoms with Gasteiger partial charge in [-0.15, -0.1) is 0 Å².